The fourth-order valence-electron chi connectivity index (χ4n) is 4.02. The van der Waals surface area contributed by atoms with E-state index in [2.05, 4.69) is 19.2 Å². The number of rotatable bonds is 3. The lowest BCUT2D eigenvalue weighted by Crippen LogP contribution is -2.51. The summed E-state index contributed by atoms with van der Waals surface area (Å²) in [6.07, 6.45) is 3.35. The highest BCUT2D eigenvalue weighted by Gasteiger charge is 2.53. The minimum atomic E-state index is -3.45. The molecule has 7 nitrogen and oxygen atoms in total. The molecule has 2 unspecified atom stereocenters. The van der Waals surface area contributed by atoms with E-state index in [1.807, 2.05) is 0 Å². The Hall–Kier alpha value is -1.83. The number of carbonyl (C=O) groups excluding carboxylic acids is 2. The zero-order chi connectivity index (χ0) is 17.7. The summed E-state index contributed by atoms with van der Waals surface area (Å²) in [4.78, 5) is 26.3. The van der Waals surface area contributed by atoms with Crippen molar-refractivity contribution < 1.29 is 22.4 Å². The summed E-state index contributed by atoms with van der Waals surface area (Å²) >= 11 is 0. The second kappa shape index (κ2) is 5.61. The number of nitrogens with zero attached hydrogens (tertiary/aromatic N) is 1. The molecule has 132 valence electrons. The van der Waals surface area contributed by atoms with Gasteiger partial charge in [0.25, 0.3) is 5.91 Å². The normalized spacial score (nSPS) is 30.9. The first kappa shape index (κ1) is 17.0. The molecule has 1 aromatic rings. The van der Waals surface area contributed by atoms with E-state index in [1.54, 1.807) is 0 Å². The summed E-state index contributed by atoms with van der Waals surface area (Å²) in [5, 5.41) is 2.70. The molecular weight excluding hydrogens is 332 g/mol. The van der Waals surface area contributed by atoms with Crippen LogP contribution in [0.2, 0.25) is 0 Å². The third kappa shape index (κ3) is 2.94. The SMILES string of the molecule is CC1CC(C)CC2(C1)NC(=O)N(Cc1ccc(S(C)(=O)=O)o1)C2=O. The van der Waals surface area contributed by atoms with Crippen molar-refractivity contribution in [3.8, 4) is 0 Å². The Morgan fingerprint density at radius 2 is 1.88 bits per heavy atom. The van der Waals surface area contributed by atoms with E-state index in [4.69, 9.17) is 4.42 Å². The van der Waals surface area contributed by atoms with Crippen LogP contribution < -0.4 is 5.32 Å². The molecule has 8 heteroatoms. The van der Waals surface area contributed by atoms with E-state index in [9.17, 15) is 18.0 Å². The Bertz CT molecular complexity index is 772. The average Bonchev–Trinajstić information content (AvgIpc) is 2.98. The Morgan fingerprint density at radius 1 is 1.25 bits per heavy atom. The van der Waals surface area contributed by atoms with Gasteiger partial charge in [0.1, 0.15) is 11.3 Å². The number of imide groups is 1. The number of hydrogen-bond acceptors (Lipinski definition) is 5. The number of sulfone groups is 1. The van der Waals surface area contributed by atoms with Crippen molar-refractivity contribution in [2.75, 3.05) is 6.26 Å². The zero-order valence-corrected chi connectivity index (χ0v) is 14.9. The summed E-state index contributed by atoms with van der Waals surface area (Å²) in [7, 11) is -3.45. The summed E-state index contributed by atoms with van der Waals surface area (Å²) in [5.74, 6) is 0.743. The van der Waals surface area contributed by atoms with E-state index >= 15 is 0 Å². The van der Waals surface area contributed by atoms with E-state index in [0.717, 1.165) is 17.6 Å². The lowest BCUT2D eigenvalue weighted by molar-refractivity contribution is -0.134. The third-order valence-electron chi connectivity index (χ3n) is 4.76. The van der Waals surface area contributed by atoms with Crippen LogP contribution in [0.3, 0.4) is 0 Å². The average molecular weight is 354 g/mol. The van der Waals surface area contributed by atoms with Crippen molar-refractivity contribution in [2.24, 2.45) is 11.8 Å². The van der Waals surface area contributed by atoms with Crippen molar-refractivity contribution in [3.05, 3.63) is 17.9 Å². The van der Waals surface area contributed by atoms with Crippen molar-refractivity contribution in [3.63, 3.8) is 0 Å². The van der Waals surface area contributed by atoms with Gasteiger partial charge in [0, 0.05) is 6.26 Å². The number of nitrogens with one attached hydrogen (secondary N) is 1. The van der Waals surface area contributed by atoms with Crippen LogP contribution in [-0.2, 0) is 21.2 Å². The van der Waals surface area contributed by atoms with Gasteiger partial charge in [-0.3, -0.25) is 9.69 Å². The molecule has 2 heterocycles. The first-order valence-electron chi connectivity index (χ1n) is 8.03. The number of hydrogen-bond donors (Lipinski definition) is 1. The molecule has 1 saturated heterocycles. The van der Waals surface area contributed by atoms with Crippen molar-refractivity contribution in [1.82, 2.24) is 10.2 Å². The lowest BCUT2D eigenvalue weighted by Gasteiger charge is -2.37. The predicted molar refractivity (Wildman–Crippen MR) is 85.8 cm³/mol. The Morgan fingerprint density at radius 3 is 2.42 bits per heavy atom. The minimum Gasteiger partial charge on any atom is -0.448 e. The van der Waals surface area contributed by atoms with Gasteiger partial charge in [-0.1, -0.05) is 13.8 Å². The number of amides is 3. The number of furan rings is 1. The minimum absolute atomic E-state index is 0.0648. The molecule has 0 bridgehead atoms. The van der Waals surface area contributed by atoms with Crippen LogP contribution in [0.1, 0.15) is 38.9 Å². The molecule has 3 amide bonds. The molecule has 0 radical (unpaired) electrons. The van der Waals surface area contributed by atoms with Crippen LogP contribution in [0.4, 0.5) is 4.79 Å². The Balaban J connectivity index is 1.81. The maximum Gasteiger partial charge on any atom is 0.325 e. The summed E-state index contributed by atoms with van der Waals surface area (Å²) < 4.78 is 28.2. The van der Waals surface area contributed by atoms with Gasteiger partial charge in [0.05, 0.1) is 6.54 Å². The molecule has 2 fully saturated rings. The van der Waals surface area contributed by atoms with Crippen LogP contribution in [0.5, 0.6) is 0 Å². The second-order valence-corrected chi connectivity index (χ2v) is 9.20. The molecule has 1 aliphatic carbocycles. The van der Waals surface area contributed by atoms with E-state index < -0.39 is 21.4 Å². The molecule has 1 aliphatic heterocycles. The van der Waals surface area contributed by atoms with Gasteiger partial charge >= 0.3 is 6.03 Å². The maximum atomic E-state index is 12.9. The van der Waals surface area contributed by atoms with E-state index in [0.29, 0.717) is 24.7 Å². The van der Waals surface area contributed by atoms with Crippen LogP contribution in [0.25, 0.3) is 0 Å². The van der Waals surface area contributed by atoms with Crippen LogP contribution in [-0.4, -0.2) is 37.1 Å². The first-order valence-corrected chi connectivity index (χ1v) is 9.93. The molecular formula is C16H22N2O5S. The molecule has 2 atom stereocenters. The highest BCUT2D eigenvalue weighted by Crippen LogP contribution is 2.40. The standard InChI is InChI=1S/C16H22N2O5S/c1-10-6-11(2)8-16(7-10)14(19)18(15(20)17-16)9-12-4-5-13(23-12)24(3,21)22/h4-5,10-11H,6-9H2,1-3H3,(H,17,20). The highest BCUT2D eigenvalue weighted by molar-refractivity contribution is 7.90. The molecule has 1 N–H and O–H groups in total. The fraction of sp³-hybridized carbons (Fsp3) is 0.625. The number of urea groups is 1. The van der Waals surface area contributed by atoms with Gasteiger partial charge in [-0.25, -0.2) is 13.2 Å². The first-order chi connectivity index (χ1) is 11.1. The summed E-state index contributed by atoms with van der Waals surface area (Å²) in [5.41, 5.74) is -0.833. The summed E-state index contributed by atoms with van der Waals surface area (Å²) in [6, 6.07) is 2.37. The molecule has 1 saturated carbocycles. The quantitative estimate of drug-likeness (QED) is 0.837. The van der Waals surface area contributed by atoms with E-state index in [-0.39, 0.29) is 23.3 Å². The maximum absolute atomic E-state index is 12.9. The molecule has 3 rings (SSSR count). The lowest BCUT2D eigenvalue weighted by atomic mass is 9.71. The summed E-state index contributed by atoms with van der Waals surface area (Å²) in [6.45, 7) is 4.11. The number of carbonyl (C=O) groups is 2. The second-order valence-electron chi connectivity index (χ2n) is 7.25. The molecule has 1 aromatic heterocycles. The van der Waals surface area contributed by atoms with Crippen molar-refractivity contribution in [1.29, 1.82) is 0 Å². The fourth-order valence-corrected chi connectivity index (χ4v) is 4.60. The highest BCUT2D eigenvalue weighted by atomic mass is 32.2. The van der Waals surface area contributed by atoms with Crippen LogP contribution in [0.15, 0.2) is 21.6 Å². The Kier molecular flexibility index (Phi) is 3.98. The van der Waals surface area contributed by atoms with Gasteiger partial charge in [0.15, 0.2) is 0 Å². The van der Waals surface area contributed by atoms with Crippen LogP contribution >= 0.6 is 0 Å². The van der Waals surface area contributed by atoms with Gasteiger partial charge in [0.2, 0.25) is 14.9 Å². The van der Waals surface area contributed by atoms with Gasteiger partial charge in [-0.2, -0.15) is 0 Å². The van der Waals surface area contributed by atoms with Gasteiger partial charge in [-0.05, 0) is 43.2 Å². The monoisotopic (exact) mass is 354 g/mol. The Labute approximate surface area is 141 Å². The van der Waals surface area contributed by atoms with Gasteiger partial charge < -0.3 is 9.73 Å². The van der Waals surface area contributed by atoms with Gasteiger partial charge in [-0.15, -0.1) is 0 Å². The van der Waals surface area contributed by atoms with Crippen molar-refractivity contribution >= 4 is 21.8 Å². The molecule has 24 heavy (non-hydrogen) atoms. The third-order valence-corrected chi connectivity index (χ3v) is 5.71. The largest absolute Gasteiger partial charge is 0.448 e. The van der Waals surface area contributed by atoms with E-state index in [1.165, 1.54) is 12.1 Å². The smallest absolute Gasteiger partial charge is 0.325 e. The molecule has 2 aliphatic rings. The van der Waals surface area contributed by atoms with Crippen molar-refractivity contribution in [2.45, 2.75) is 50.3 Å². The predicted octanol–water partition coefficient (Wildman–Crippen LogP) is 1.93. The molecule has 1 spiro atoms. The molecule has 0 aromatic carbocycles. The van der Waals surface area contributed by atoms with Crippen LogP contribution in [0, 0.1) is 11.8 Å². The zero-order valence-electron chi connectivity index (χ0n) is 14.0. The topological polar surface area (TPSA) is 96.7 Å².